The molecule has 3 aliphatic rings. The third-order valence-corrected chi connectivity index (χ3v) is 14.8. The number of β-amino-alcohol motifs (C(OH)–C–C–N with tert-alkyl or cyclic N) is 1. The van der Waals surface area contributed by atoms with Crippen LogP contribution in [-0.4, -0.2) is 182 Å². The predicted octanol–water partition coefficient (Wildman–Crippen LogP) is -5.05. The smallest absolute Gasteiger partial charge is 0.260 e. The number of H-pyrrole nitrogens is 1. The molecule has 0 aliphatic carbocycles. The Morgan fingerprint density at radius 3 is 2.17 bits per heavy atom. The Labute approximate surface area is 457 Å². The maximum atomic E-state index is 14.5. The highest BCUT2D eigenvalue weighted by Crippen LogP contribution is 2.31. The van der Waals surface area contributed by atoms with Crippen LogP contribution in [0.5, 0.6) is 0 Å². The summed E-state index contributed by atoms with van der Waals surface area (Å²) in [7, 11) is 0. The molecule has 9 unspecified atom stereocenters. The van der Waals surface area contributed by atoms with Gasteiger partial charge < -0.3 is 63.7 Å². The summed E-state index contributed by atoms with van der Waals surface area (Å²) in [6.07, 6.45) is -2.51. The largest absolute Gasteiger partial charge is 0.391 e. The van der Waals surface area contributed by atoms with Crippen molar-refractivity contribution in [1.29, 1.82) is 0 Å². The minimum absolute atomic E-state index is 0.0693. The lowest BCUT2D eigenvalue weighted by Crippen LogP contribution is -2.59. The first-order valence-electron chi connectivity index (χ1n) is 25.2. The molecule has 2 saturated heterocycles. The van der Waals surface area contributed by atoms with E-state index in [1.54, 1.807) is 52.0 Å². The summed E-state index contributed by atoms with van der Waals surface area (Å²) in [6.45, 7) is 6.07. The summed E-state index contributed by atoms with van der Waals surface area (Å²) in [5, 5.41) is 28.2. The van der Waals surface area contributed by atoms with Crippen molar-refractivity contribution < 1.29 is 67.4 Å². The van der Waals surface area contributed by atoms with E-state index >= 15 is 0 Å². The molecule has 5 rings (SSSR count). The SMILES string of the molecule is CCC(C)C1NC(=O)CNC(=O)C(N)Cc2c([nH]c3ccccc23)SCC(C(=O)NC(CC(=O)NNC(=O)[C@H](C)NC(=O)C(NC(=O)CCN2C(=O)CC(S)C2=O)C(C)C)C(=O)N2CC(O)CC2C(N)=O)NC(=O)CNC1=O. The zero-order chi connectivity index (χ0) is 57.7. The number of imide groups is 1. The molecule has 15 N–H and O–H groups in total. The number of nitrogens with one attached hydrogen (secondary N) is 10. The Kier molecular flexibility index (Phi) is 22.0. The number of nitrogens with two attached hydrogens (primary N) is 2. The molecule has 2 aromatic rings. The van der Waals surface area contributed by atoms with Gasteiger partial charge in [0.15, 0.2) is 0 Å². The Hall–Kier alpha value is -7.31. The van der Waals surface area contributed by atoms with Crippen LogP contribution in [0.15, 0.2) is 29.3 Å². The van der Waals surface area contributed by atoms with Gasteiger partial charge in [0.1, 0.15) is 36.3 Å². The number of benzene rings is 1. The summed E-state index contributed by atoms with van der Waals surface area (Å²) < 4.78 is 0. The van der Waals surface area contributed by atoms with Crippen molar-refractivity contribution in [3.63, 3.8) is 0 Å². The molecule has 3 aliphatic heterocycles. The van der Waals surface area contributed by atoms with E-state index in [1.165, 1.54) is 6.92 Å². The Bertz CT molecular complexity index is 2670. The predicted molar refractivity (Wildman–Crippen MR) is 281 cm³/mol. The quantitative estimate of drug-likeness (QED) is 0.0425. The van der Waals surface area contributed by atoms with Gasteiger partial charge in [-0.25, -0.2) is 0 Å². The van der Waals surface area contributed by atoms with Crippen LogP contribution in [0, 0.1) is 11.8 Å². The second kappa shape index (κ2) is 27.8. The molecule has 0 saturated carbocycles. The molecule has 0 bridgehead atoms. The first-order chi connectivity index (χ1) is 36.8. The third-order valence-electron chi connectivity index (χ3n) is 13.3. The number of hydrogen-bond acceptors (Lipinski definition) is 17. The number of aromatic amines is 1. The van der Waals surface area contributed by atoms with Crippen LogP contribution in [0.2, 0.25) is 0 Å². The normalized spacial score (nSPS) is 23.2. The number of rotatable bonds is 16. The van der Waals surface area contributed by atoms with Crippen LogP contribution >= 0.6 is 24.4 Å². The molecular formula is C48H68N14O14S2. The van der Waals surface area contributed by atoms with Crippen LogP contribution in [-0.2, 0) is 68.7 Å². The van der Waals surface area contributed by atoms with Crippen molar-refractivity contribution in [2.75, 3.05) is 31.9 Å². The number of aliphatic hydroxyl groups excluding tert-OH is 1. The molecule has 1 aromatic carbocycles. The van der Waals surface area contributed by atoms with Crippen molar-refractivity contribution in [3.8, 4) is 0 Å². The monoisotopic (exact) mass is 1130 g/mol. The molecule has 2 fully saturated rings. The van der Waals surface area contributed by atoms with E-state index < -0.39 is 168 Å². The van der Waals surface area contributed by atoms with Gasteiger partial charge in [0, 0.05) is 49.0 Å². The van der Waals surface area contributed by atoms with Crippen LogP contribution in [0.1, 0.15) is 72.3 Å². The van der Waals surface area contributed by atoms with Gasteiger partial charge >= 0.3 is 0 Å². The number of para-hydroxylation sites is 1. The number of likely N-dealkylation sites (tertiary alicyclic amines) is 2. The fourth-order valence-corrected chi connectivity index (χ4v) is 10.1. The Morgan fingerprint density at radius 1 is 0.859 bits per heavy atom. The molecule has 426 valence electrons. The lowest BCUT2D eigenvalue weighted by atomic mass is 9.98. The van der Waals surface area contributed by atoms with Gasteiger partial charge in [-0.1, -0.05) is 52.3 Å². The van der Waals surface area contributed by atoms with Crippen LogP contribution in [0.25, 0.3) is 10.9 Å². The van der Waals surface area contributed by atoms with Crippen molar-refractivity contribution >= 4 is 112 Å². The lowest BCUT2D eigenvalue weighted by molar-refractivity contribution is -0.142. The maximum absolute atomic E-state index is 14.5. The average Bonchev–Trinajstić information content (AvgIpc) is 4.06. The van der Waals surface area contributed by atoms with Gasteiger partial charge in [-0.05, 0) is 36.8 Å². The molecule has 4 heterocycles. The zero-order valence-corrected chi connectivity index (χ0v) is 45.3. The number of thiol groups is 1. The van der Waals surface area contributed by atoms with Crippen molar-refractivity contribution in [3.05, 3.63) is 29.8 Å². The number of hydrogen-bond donors (Lipinski definition) is 14. The maximum Gasteiger partial charge on any atom is 0.260 e. The van der Waals surface area contributed by atoms with Gasteiger partial charge in [-0.15, -0.1) is 11.8 Å². The third kappa shape index (κ3) is 16.4. The fraction of sp³-hybridized carbons (Fsp3) is 0.562. The molecule has 1 aromatic heterocycles. The van der Waals surface area contributed by atoms with Crippen molar-refractivity contribution in [2.24, 2.45) is 23.3 Å². The van der Waals surface area contributed by atoms with E-state index in [4.69, 9.17) is 11.5 Å². The standard InChI is InChI=1S/C48H68N14O14S2/c1-6-22(4)39-44(73)52-17-35(66)54-30(20-78-46-26(25-9-7-8-10-28(25)56-46)14-27(49)42(71)51-18-36(67)58-39)43(72)55-29(47(75)62-19-24(63)13-31(62)40(50)69)15-34(65)59-60-41(70)23(5)53-45(74)38(21(2)3)57-33(64)11-12-61-37(68)16-32(77)48(61)76/h7-10,21-24,27,29-32,38-39,56,63,77H,6,11-20,49H2,1-5H3,(H2,50,69)(H,51,71)(H,52,73)(H,53,74)(H,54,66)(H,55,72)(H,57,64)(H,58,67)(H,59,65)(H,60,70)/t22?,23-,24?,27?,29?,30?,31?,32?,38?,39?/m0/s1. The molecule has 0 radical (unpaired) electrons. The summed E-state index contributed by atoms with van der Waals surface area (Å²) in [5.41, 5.74) is 17.3. The minimum Gasteiger partial charge on any atom is -0.391 e. The van der Waals surface area contributed by atoms with Gasteiger partial charge in [0.2, 0.25) is 70.9 Å². The van der Waals surface area contributed by atoms with Crippen LogP contribution < -0.4 is 59.5 Å². The first-order valence-corrected chi connectivity index (χ1v) is 26.7. The first kappa shape index (κ1) is 61.5. The second-order valence-electron chi connectivity index (χ2n) is 19.6. The Balaban J connectivity index is 1.34. The van der Waals surface area contributed by atoms with E-state index in [0.29, 0.717) is 27.9 Å². The number of carbonyl (C=O) groups is 13. The number of aliphatic hydroxyl groups is 1. The molecule has 28 nitrogen and oxygen atoms in total. The van der Waals surface area contributed by atoms with Crippen molar-refractivity contribution in [2.45, 2.75) is 132 Å². The topological polar surface area (TPSA) is 425 Å². The number of carbonyl (C=O) groups excluding carboxylic acids is 13. The molecule has 10 atom stereocenters. The highest BCUT2D eigenvalue weighted by molar-refractivity contribution is 7.99. The van der Waals surface area contributed by atoms with Crippen LogP contribution in [0.4, 0.5) is 0 Å². The van der Waals surface area contributed by atoms with E-state index in [-0.39, 0.29) is 38.0 Å². The number of amides is 13. The summed E-state index contributed by atoms with van der Waals surface area (Å²) >= 11 is 5.07. The number of primary amides is 1. The molecule has 0 spiro atoms. The minimum atomic E-state index is -1.87. The number of nitrogens with zero attached hydrogens (tertiary/aromatic N) is 2. The number of aromatic nitrogens is 1. The molecule has 13 amide bonds. The molecule has 78 heavy (non-hydrogen) atoms. The van der Waals surface area contributed by atoms with Gasteiger partial charge in [0.25, 0.3) is 5.91 Å². The Morgan fingerprint density at radius 2 is 1.53 bits per heavy atom. The number of hydrazine groups is 1. The van der Waals surface area contributed by atoms with Gasteiger partial charge in [-0.2, -0.15) is 12.6 Å². The summed E-state index contributed by atoms with van der Waals surface area (Å²) in [5.74, 6) is -12.0. The number of thioether (sulfide) groups is 1. The fourth-order valence-electron chi connectivity index (χ4n) is 8.65. The molecular weight excluding hydrogens is 1060 g/mol. The summed E-state index contributed by atoms with van der Waals surface area (Å²) in [6, 6.07) is -2.68. The van der Waals surface area contributed by atoms with Gasteiger partial charge in [0.05, 0.1) is 41.9 Å². The van der Waals surface area contributed by atoms with E-state index in [1.807, 2.05) is 0 Å². The van der Waals surface area contributed by atoms with Crippen molar-refractivity contribution in [1.82, 2.24) is 62.9 Å². The van der Waals surface area contributed by atoms with Crippen LogP contribution in [0.3, 0.4) is 0 Å². The molecule has 30 heteroatoms. The van der Waals surface area contributed by atoms with Gasteiger partial charge in [-0.3, -0.25) is 78.1 Å². The average molecular weight is 1130 g/mol. The lowest BCUT2D eigenvalue weighted by Gasteiger charge is -2.29. The summed E-state index contributed by atoms with van der Waals surface area (Å²) in [4.78, 5) is 177. The second-order valence-corrected chi connectivity index (χ2v) is 21.2. The zero-order valence-electron chi connectivity index (χ0n) is 43.6. The highest BCUT2D eigenvalue weighted by atomic mass is 32.2. The number of fused-ring (bicyclic) bond motifs is 3. The van der Waals surface area contributed by atoms with E-state index in [0.717, 1.165) is 21.6 Å². The van der Waals surface area contributed by atoms with E-state index in [2.05, 4.69) is 65.7 Å². The van der Waals surface area contributed by atoms with E-state index in [9.17, 15) is 67.4 Å². The highest BCUT2D eigenvalue weighted by Gasteiger charge is 2.42.